The quantitative estimate of drug-likeness (QED) is 0.882. The lowest BCUT2D eigenvalue weighted by Crippen LogP contribution is -2.12. The first kappa shape index (κ1) is 11.9. The zero-order chi connectivity index (χ0) is 12.4. The summed E-state index contributed by atoms with van der Waals surface area (Å²) in [5, 5.41) is 10.3. The van der Waals surface area contributed by atoms with Crippen LogP contribution in [0.5, 0.6) is 0 Å². The number of nitrogens with one attached hydrogen (secondary N) is 1. The number of hydrogen-bond acceptors (Lipinski definition) is 6. The molecule has 0 aliphatic rings. The van der Waals surface area contributed by atoms with E-state index in [0.717, 1.165) is 21.4 Å². The van der Waals surface area contributed by atoms with Crippen LogP contribution in [0.2, 0.25) is 0 Å². The van der Waals surface area contributed by atoms with Crippen molar-refractivity contribution in [2.45, 2.75) is 6.92 Å². The van der Waals surface area contributed by atoms with Gasteiger partial charge in [0.15, 0.2) is 0 Å². The molecule has 2 heterocycles. The van der Waals surface area contributed by atoms with Gasteiger partial charge in [-0.1, -0.05) is 11.3 Å². The number of amides is 1. The lowest BCUT2D eigenvalue weighted by atomic mass is 10.3. The maximum atomic E-state index is 11.7. The maximum absolute atomic E-state index is 11.7. The summed E-state index contributed by atoms with van der Waals surface area (Å²) in [6, 6.07) is 1.76. The highest BCUT2D eigenvalue weighted by molar-refractivity contribution is 9.10. The van der Waals surface area contributed by atoms with E-state index < -0.39 is 0 Å². The predicted octanol–water partition coefficient (Wildman–Crippen LogP) is 1.84. The SMILES string of the molecule is Cc1cc(NC(=O)c2nnc(N)s2)ncc1Br. The third kappa shape index (κ3) is 2.77. The van der Waals surface area contributed by atoms with Gasteiger partial charge in [0, 0.05) is 10.7 Å². The molecule has 0 radical (unpaired) electrons. The molecular weight excluding hydrogens is 306 g/mol. The Bertz CT molecular complexity index is 570. The van der Waals surface area contributed by atoms with Crippen LogP contribution in [0.25, 0.3) is 0 Å². The summed E-state index contributed by atoms with van der Waals surface area (Å²) in [4.78, 5) is 15.8. The van der Waals surface area contributed by atoms with Crippen molar-refractivity contribution in [3.63, 3.8) is 0 Å². The molecule has 2 rings (SSSR count). The minimum absolute atomic E-state index is 0.213. The Balaban J connectivity index is 2.15. The van der Waals surface area contributed by atoms with E-state index in [9.17, 15) is 4.79 Å². The van der Waals surface area contributed by atoms with Crippen molar-refractivity contribution in [2.75, 3.05) is 11.1 Å². The Kier molecular flexibility index (Phi) is 3.34. The first-order chi connectivity index (χ1) is 8.06. The van der Waals surface area contributed by atoms with Gasteiger partial charge in [0.1, 0.15) is 5.82 Å². The molecule has 0 atom stereocenters. The van der Waals surface area contributed by atoms with Crippen molar-refractivity contribution in [1.29, 1.82) is 0 Å². The molecule has 1 amide bonds. The number of aromatic nitrogens is 3. The molecule has 0 bridgehead atoms. The second-order valence-electron chi connectivity index (χ2n) is 3.22. The monoisotopic (exact) mass is 313 g/mol. The number of nitrogens with two attached hydrogens (primary N) is 1. The number of aryl methyl sites for hydroxylation is 1. The molecule has 0 unspecified atom stereocenters. The molecule has 8 heteroatoms. The normalized spacial score (nSPS) is 10.2. The van der Waals surface area contributed by atoms with E-state index in [1.807, 2.05) is 6.92 Å². The Hall–Kier alpha value is -1.54. The molecule has 17 heavy (non-hydrogen) atoms. The maximum Gasteiger partial charge on any atom is 0.287 e. The third-order valence-corrected chi connectivity index (χ3v) is 3.50. The molecule has 88 valence electrons. The van der Waals surface area contributed by atoms with Crippen LogP contribution in [-0.4, -0.2) is 21.1 Å². The smallest absolute Gasteiger partial charge is 0.287 e. The molecule has 0 spiro atoms. The number of carbonyl (C=O) groups excluding carboxylic acids is 1. The Morgan fingerprint density at radius 2 is 2.29 bits per heavy atom. The molecule has 0 fully saturated rings. The summed E-state index contributed by atoms with van der Waals surface area (Å²) in [6.45, 7) is 1.91. The summed E-state index contributed by atoms with van der Waals surface area (Å²) in [5.41, 5.74) is 6.38. The first-order valence-corrected chi connectivity index (χ1v) is 6.19. The van der Waals surface area contributed by atoms with Crippen LogP contribution in [0, 0.1) is 6.92 Å². The second-order valence-corrected chi connectivity index (χ2v) is 5.08. The summed E-state index contributed by atoms with van der Waals surface area (Å²) in [6.07, 6.45) is 1.62. The number of nitrogen functional groups attached to an aromatic ring is 1. The topological polar surface area (TPSA) is 93.8 Å². The highest BCUT2D eigenvalue weighted by Gasteiger charge is 2.12. The van der Waals surface area contributed by atoms with Gasteiger partial charge in [-0.25, -0.2) is 4.98 Å². The molecule has 0 saturated heterocycles. The number of pyridine rings is 1. The lowest BCUT2D eigenvalue weighted by Gasteiger charge is -2.03. The van der Waals surface area contributed by atoms with Crippen molar-refractivity contribution < 1.29 is 4.79 Å². The van der Waals surface area contributed by atoms with Crippen molar-refractivity contribution in [2.24, 2.45) is 0 Å². The molecule has 6 nitrogen and oxygen atoms in total. The molecule has 0 saturated carbocycles. The van der Waals surface area contributed by atoms with E-state index in [4.69, 9.17) is 5.73 Å². The summed E-state index contributed by atoms with van der Waals surface area (Å²) in [7, 11) is 0. The number of halogens is 1. The van der Waals surface area contributed by atoms with Gasteiger partial charge in [-0.05, 0) is 34.5 Å². The number of carbonyl (C=O) groups is 1. The van der Waals surface area contributed by atoms with Crippen LogP contribution in [0.1, 0.15) is 15.4 Å². The molecule has 3 N–H and O–H groups in total. The highest BCUT2D eigenvalue weighted by atomic mass is 79.9. The van der Waals surface area contributed by atoms with E-state index in [1.54, 1.807) is 12.3 Å². The van der Waals surface area contributed by atoms with E-state index in [2.05, 4.69) is 36.4 Å². The Morgan fingerprint density at radius 3 is 2.88 bits per heavy atom. The van der Waals surface area contributed by atoms with Crippen molar-refractivity contribution in [1.82, 2.24) is 15.2 Å². The van der Waals surface area contributed by atoms with Gasteiger partial charge in [-0.15, -0.1) is 10.2 Å². The third-order valence-electron chi connectivity index (χ3n) is 1.92. The molecule has 2 aromatic heterocycles. The van der Waals surface area contributed by atoms with Gasteiger partial charge in [0.25, 0.3) is 5.91 Å². The van der Waals surface area contributed by atoms with Crippen molar-refractivity contribution in [3.05, 3.63) is 27.3 Å². The van der Waals surface area contributed by atoms with E-state index in [1.165, 1.54) is 0 Å². The van der Waals surface area contributed by atoms with Crippen LogP contribution in [0.4, 0.5) is 10.9 Å². The van der Waals surface area contributed by atoms with Gasteiger partial charge in [0.05, 0.1) is 0 Å². The minimum atomic E-state index is -0.367. The molecule has 0 aliphatic carbocycles. The Labute approximate surface area is 109 Å². The Morgan fingerprint density at radius 1 is 1.53 bits per heavy atom. The van der Waals surface area contributed by atoms with Crippen LogP contribution < -0.4 is 11.1 Å². The number of hydrogen-bond donors (Lipinski definition) is 2. The average Bonchev–Trinajstić information content (AvgIpc) is 2.70. The van der Waals surface area contributed by atoms with E-state index >= 15 is 0 Å². The van der Waals surface area contributed by atoms with Crippen LogP contribution in [-0.2, 0) is 0 Å². The fraction of sp³-hybridized carbons (Fsp3) is 0.111. The van der Waals surface area contributed by atoms with Crippen molar-refractivity contribution in [3.8, 4) is 0 Å². The first-order valence-electron chi connectivity index (χ1n) is 4.59. The zero-order valence-electron chi connectivity index (χ0n) is 8.77. The molecule has 2 aromatic rings. The number of nitrogens with zero attached hydrogens (tertiary/aromatic N) is 3. The fourth-order valence-corrected chi connectivity index (χ4v) is 1.83. The van der Waals surface area contributed by atoms with Crippen LogP contribution in [0.15, 0.2) is 16.7 Å². The van der Waals surface area contributed by atoms with Gasteiger partial charge >= 0.3 is 0 Å². The number of rotatable bonds is 2. The zero-order valence-corrected chi connectivity index (χ0v) is 11.2. The van der Waals surface area contributed by atoms with E-state index in [-0.39, 0.29) is 16.0 Å². The average molecular weight is 314 g/mol. The molecule has 0 aromatic carbocycles. The fourth-order valence-electron chi connectivity index (χ4n) is 1.10. The highest BCUT2D eigenvalue weighted by Crippen LogP contribution is 2.18. The minimum Gasteiger partial charge on any atom is -0.374 e. The lowest BCUT2D eigenvalue weighted by molar-refractivity contribution is 0.102. The largest absolute Gasteiger partial charge is 0.374 e. The second kappa shape index (κ2) is 4.76. The summed E-state index contributed by atoms with van der Waals surface area (Å²) < 4.78 is 0.885. The van der Waals surface area contributed by atoms with Crippen LogP contribution in [0.3, 0.4) is 0 Å². The van der Waals surface area contributed by atoms with Gasteiger partial charge < -0.3 is 11.1 Å². The van der Waals surface area contributed by atoms with Gasteiger partial charge in [0.2, 0.25) is 10.1 Å². The van der Waals surface area contributed by atoms with Gasteiger partial charge in [-0.3, -0.25) is 4.79 Å². The predicted molar refractivity (Wildman–Crippen MR) is 68.9 cm³/mol. The van der Waals surface area contributed by atoms with E-state index in [0.29, 0.717) is 5.82 Å². The van der Waals surface area contributed by atoms with Crippen molar-refractivity contribution >= 4 is 44.1 Å². The molecular formula is C9H8BrN5OS. The summed E-state index contributed by atoms with van der Waals surface area (Å²) >= 11 is 4.36. The van der Waals surface area contributed by atoms with Gasteiger partial charge in [-0.2, -0.15) is 0 Å². The standard InChI is InChI=1S/C9H8BrN5OS/c1-4-2-6(12-3-5(4)10)13-7(16)8-14-15-9(11)17-8/h2-3H,1H3,(H2,11,15)(H,12,13,16). The molecule has 0 aliphatic heterocycles. The summed E-state index contributed by atoms with van der Waals surface area (Å²) in [5.74, 6) is 0.0953. The van der Waals surface area contributed by atoms with Crippen LogP contribution >= 0.6 is 27.3 Å². The number of anilines is 2.